The van der Waals surface area contributed by atoms with Gasteiger partial charge >= 0.3 is 0 Å². The third-order valence-electron chi connectivity index (χ3n) is 2.99. The summed E-state index contributed by atoms with van der Waals surface area (Å²) in [5, 5.41) is 0. The first kappa shape index (κ1) is 12.6. The molecule has 0 amide bonds. The van der Waals surface area contributed by atoms with E-state index in [9.17, 15) is 0 Å². The molecule has 1 aliphatic rings. The Labute approximate surface area is 112 Å². The van der Waals surface area contributed by atoms with E-state index in [0.717, 1.165) is 17.6 Å². The Kier molecular flexibility index (Phi) is 4.21. The standard InChI is InChI=1S/C14H19BrN2/c1-11(2)14-16-9-3-4-10-17(14)13-7-5-12(15)6-8-13/h5-8,11H,3-4,9-10H2,1-2H3. The highest BCUT2D eigenvalue weighted by Gasteiger charge is 2.18. The lowest BCUT2D eigenvalue weighted by molar-refractivity contribution is 0.772. The first-order chi connectivity index (χ1) is 8.18. The normalized spacial score (nSPS) is 16.9. The van der Waals surface area contributed by atoms with Crippen LogP contribution in [0.5, 0.6) is 0 Å². The molecule has 1 aliphatic heterocycles. The first-order valence-corrected chi connectivity index (χ1v) is 7.05. The molecule has 1 aromatic rings. The summed E-state index contributed by atoms with van der Waals surface area (Å²) >= 11 is 3.48. The predicted molar refractivity (Wildman–Crippen MR) is 77.9 cm³/mol. The van der Waals surface area contributed by atoms with Crippen molar-refractivity contribution in [2.45, 2.75) is 26.7 Å². The number of hydrogen-bond acceptors (Lipinski definition) is 2. The fourth-order valence-electron chi connectivity index (χ4n) is 2.15. The highest BCUT2D eigenvalue weighted by Crippen LogP contribution is 2.22. The van der Waals surface area contributed by atoms with Gasteiger partial charge in [-0.15, -0.1) is 0 Å². The minimum absolute atomic E-state index is 0.483. The minimum atomic E-state index is 0.483. The van der Waals surface area contributed by atoms with Gasteiger partial charge in [-0.2, -0.15) is 0 Å². The molecule has 0 N–H and O–H groups in total. The lowest BCUT2D eigenvalue weighted by Gasteiger charge is -2.27. The van der Waals surface area contributed by atoms with Gasteiger partial charge < -0.3 is 4.90 Å². The lowest BCUT2D eigenvalue weighted by atomic mass is 10.1. The van der Waals surface area contributed by atoms with Crippen LogP contribution in [-0.4, -0.2) is 18.9 Å². The second kappa shape index (κ2) is 5.67. The van der Waals surface area contributed by atoms with Crippen molar-refractivity contribution in [2.24, 2.45) is 10.9 Å². The molecule has 0 unspecified atom stereocenters. The van der Waals surface area contributed by atoms with Crippen molar-refractivity contribution in [1.82, 2.24) is 0 Å². The SMILES string of the molecule is CC(C)C1=NCCCCN1c1ccc(Br)cc1. The van der Waals surface area contributed by atoms with E-state index >= 15 is 0 Å². The third-order valence-corrected chi connectivity index (χ3v) is 3.52. The van der Waals surface area contributed by atoms with Crippen LogP contribution < -0.4 is 4.90 Å². The molecule has 0 saturated heterocycles. The van der Waals surface area contributed by atoms with Crippen LogP contribution in [0.4, 0.5) is 5.69 Å². The molecule has 0 radical (unpaired) electrons. The molecule has 1 heterocycles. The molecule has 1 aromatic carbocycles. The fourth-order valence-corrected chi connectivity index (χ4v) is 2.42. The van der Waals surface area contributed by atoms with Gasteiger partial charge in [0.05, 0.1) is 0 Å². The highest BCUT2D eigenvalue weighted by atomic mass is 79.9. The Morgan fingerprint density at radius 3 is 2.53 bits per heavy atom. The van der Waals surface area contributed by atoms with Crippen LogP contribution in [0.1, 0.15) is 26.7 Å². The molecule has 0 atom stereocenters. The summed E-state index contributed by atoms with van der Waals surface area (Å²) in [6.07, 6.45) is 2.42. The van der Waals surface area contributed by atoms with E-state index in [2.05, 4.69) is 58.9 Å². The average molecular weight is 295 g/mol. The maximum absolute atomic E-state index is 4.73. The third kappa shape index (κ3) is 3.09. The van der Waals surface area contributed by atoms with Gasteiger partial charge in [0.25, 0.3) is 0 Å². The average Bonchev–Trinajstić information content (AvgIpc) is 2.55. The van der Waals surface area contributed by atoms with Crippen molar-refractivity contribution in [3.05, 3.63) is 28.7 Å². The van der Waals surface area contributed by atoms with E-state index in [1.54, 1.807) is 0 Å². The summed E-state index contributed by atoms with van der Waals surface area (Å²) in [5.41, 5.74) is 1.25. The van der Waals surface area contributed by atoms with E-state index in [1.807, 2.05) is 0 Å². The van der Waals surface area contributed by atoms with Gasteiger partial charge in [0.2, 0.25) is 0 Å². The summed E-state index contributed by atoms with van der Waals surface area (Å²) in [4.78, 5) is 7.10. The Morgan fingerprint density at radius 1 is 1.18 bits per heavy atom. The van der Waals surface area contributed by atoms with Gasteiger partial charge in [0.15, 0.2) is 0 Å². The molecule has 0 fully saturated rings. The minimum Gasteiger partial charge on any atom is -0.330 e. The van der Waals surface area contributed by atoms with Crippen molar-refractivity contribution in [3.63, 3.8) is 0 Å². The monoisotopic (exact) mass is 294 g/mol. The highest BCUT2D eigenvalue weighted by molar-refractivity contribution is 9.10. The fraction of sp³-hybridized carbons (Fsp3) is 0.500. The number of halogens is 1. The quantitative estimate of drug-likeness (QED) is 0.802. The molecule has 0 aliphatic carbocycles. The van der Waals surface area contributed by atoms with E-state index < -0.39 is 0 Å². The van der Waals surface area contributed by atoms with E-state index in [0.29, 0.717) is 5.92 Å². The summed E-state index contributed by atoms with van der Waals surface area (Å²) in [6, 6.07) is 8.51. The van der Waals surface area contributed by atoms with Crippen LogP contribution in [0.2, 0.25) is 0 Å². The number of rotatable bonds is 2. The number of benzene rings is 1. The second-order valence-corrected chi connectivity index (χ2v) is 5.65. The summed E-state index contributed by atoms with van der Waals surface area (Å²) in [5.74, 6) is 1.71. The number of nitrogens with zero attached hydrogens (tertiary/aromatic N) is 2. The molecule has 0 aromatic heterocycles. The second-order valence-electron chi connectivity index (χ2n) is 4.73. The van der Waals surface area contributed by atoms with Crippen LogP contribution in [0.3, 0.4) is 0 Å². The van der Waals surface area contributed by atoms with E-state index in [4.69, 9.17) is 4.99 Å². The number of anilines is 1. The molecule has 2 rings (SSSR count). The number of amidine groups is 1. The number of aliphatic imine (C=N–C) groups is 1. The Balaban J connectivity index is 2.30. The molecule has 92 valence electrons. The van der Waals surface area contributed by atoms with Crippen LogP contribution in [0.15, 0.2) is 33.7 Å². The molecule has 0 bridgehead atoms. The molecule has 2 nitrogen and oxygen atoms in total. The van der Waals surface area contributed by atoms with Gasteiger partial charge in [-0.25, -0.2) is 0 Å². The Bertz CT molecular complexity index is 395. The van der Waals surface area contributed by atoms with Gasteiger partial charge in [0.1, 0.15) is 5.84 Å². The maximum Gasteiger partial charge on any atom is 0.106 e. The van der Waals surface area contributed by atoms with Gasteiger partial charge in [-0.3, -0.25) is 4.99 Å². The van der Waals surface area contributed by atoms with Crippen LogP contribution in [0.25, 0.3) is 0 Å². The van der Waals surface area contributed by atoms with Crippen molar-refractivity contribution in [3.8, 4) is 0 Å². The predicted octanol–water partition coefficient (Wildman–Crippen LogP) is 4.10. The Hall–Kier alpha value is -0.830. The molecular formula is C14H19BrN2. The summed E-state index contributed by atoms with van der Waals surface area (Å²) < 4.78 is 1.12. The van der Waals surface area contributed by atoms with Crippen LogP contribution in [-0.2, 0) is 0 Å². The molecule has 17 heavy (non-hydrogen) atoms. The zero-order valence-corrected chi connectivity index (χ0v) is 12.1. The van der Waals surface area contributed by atoms with Crippen LogP contribution in [0, 0.1) is 5.92 Å². The van der Waals surface area contributed by atoms with E-state index in [-0.39, 0.29) is 0 Å². The van der Waals surface area contributed by atoms with Crippen molar-refractivity contribution >= 4 is 27.5 Å². The molecule has 3 heteroatoms. The zero-order valence-electron chi connectivity index (χ0n) is 10.5. The van der Waals surface area contributed by atoms with Gasteiger partial charge in [-0.05, 0) is 37.1 Å². The molecule has 0 saturated carbocycles. The number of hydrogen-bond donors (Lipinski definition) is 0. The topological polar surface area (TPSA) is 15.6 Å². The van der Waals surface area contributed by atoms with Gasteiger partial charge in [0, 0.05) is 29.2 Å². The maximum atomic E-state index is 4.73. The van der Waals surface area contributed by atoms with Crippen LogP contribution >= 0.6 is 15.9 Å². The zero-order chi connectivity index (χ0) is 12.3. The molecular weight excluding hydrogens is 276 g/mol. The van der Waals surface area contributed by atoms with Gasteiger partial charge in [-0.1, -0.05) is 29.8 Å². The summed E-state index contributed by atoms with van der Waals surface area (Å²) in [7, 11) is 0. The summed E-state index contributed by atoms with van der Waals surface area (Å²) in [6.45, 7) is 6.49. The van der Waals surface area contributed by atoms with Crippen molar-refractivity contribution < 1.29 is 0 Å². The largest absolute Gasteiger partial charge is 0.330 e. The van der Waals surface area contributed by atoms with Crippen molar-refractivity contribution in [1.29, 1.82) is 0 Å². The molecule has 0 spiro atoms. The lowest BCUT2D eigenvalue weighted by Crippen LogP contribution is -2.34. The first-order valence-electron chi connectivity index (χ1n) is 6.26. The van der Waals surface area contributed by atoms with Crippen molar-refractivity contribution in [2.75, 3.05) is 18.0 Å². The smallest absolute Gasteiger partial charge is 0.106 e. The Morgan fingerprint density at radius 2 is 1.88 bits per heavy atom. The van der Waals surface area contributed by atoms with E-state index in [1.165, 1.54) is 24.4 Å².